The molecular weight excluding hydrogens is 273 g/mol. The molecule has 1 aromatic carbocycles. The maximum atomic E-state index is 13.6. The van der Waals surface area contributed by atoms with Gasteiger partial charge in [-0.3, -0.25) is 0 Å². The molecule has 0 aliphatic rings. The monoisotopic (exact) mass is 297 g/mol. The number of nitrogens with one attached hydrogen (secondary N) is 1. The van der Waals surface area contributed by atoms with Gasteiger partial charge in [0.2, 0.25) is 0 Å². The molecule has 0 aromatic heterocycles. The number of carbonyl (C=O) groups is 1. The number of benzene rings is 1. The molecule has 0 saturated heterocycles. The summed E-state index contributed by atoms with van der Waals surface area (Å²) >= 11 is 0. The van der Waals surface area contributed by atoms with Crippen LogP contribution in [0.25, 0.3) is 0 Å². The van der Waals surface area contributed by atoms with E-state index in [0.717, 1.165) is 5.56 Å². The van der Waals surface area contributed by atoms with Crippen LogP contribution in [-0.4, -0.2) is 24.7 Å². The van der Waals surface area contributed by atoms with Gasteiger partial charge in [-0.2, -0.15) is 0 Å². The molecule has 0 saturated carbocycles. The third-order valence-corrected chi connectivity index (χ3v) is 2.84. The van der Waals surface area contributed by atoms with E-state index in [0.29, 0.717) is 31.4 Å². The molecule has 1 aromatic rings. The van der Waals surface area contributed by atoms with E-state index in [9.17, 15) is 9.18 Å². The highest BCUT2D eigenvalue weighted by Crippen LogP contribution is 2.19. The van der Waals surface area contributed by atoms with E-state index in [4.69, 9.17) is 9.47 Å². The van der Waals surface area contributed by atoms with Crippen molar-refractivity contribution in [2.45, 2.75) is 52.8 Å². The summed E-state index contributed by atoms with van der Waals surface area (Å²) in [7, 11) is 0. The van der Waals surface area contributed by atoms with E-state index in [-0.39, 0.29) is 5.82 Å². The van der Waals surface area contributed by atoms with Crippen molar-refractivity contribution < 1.29 is 18.7 Å². The number of hydrogen-bond acceptors (Lipinski definition) is 4. The highest BCUT2D eigenvalue weighted by molar-refractivity contribution is 5.75. The maximum Gasteiger partial charge on any atom is 0.347 e. The summed E-state index contributed by atoms with van der Waals surface area (Å²) in [6, 6.07) is 4.77. The molecule has 0 aliphatic heterocycles. The number of carbonyl (C=O) groups excluding carboxylic acids is 1. The third kappa shape index (κ3) is 6.12. The summed E-state index contributed by atoms with van der Waals surface area (Å²) in [5, 5.41) is 3.21. The van der Waals surface area contributed by atoms with Crippen LogP contribution in [0.1, 0.15) is 39.7 Å². The van der Waals surface area contributed by atoms with E-state index in [1.165, 1.54) is 12.1 Å². The Bertz CT molecular complexity index is 463. The van der Waals surface area contributed by atoms with Crippen molar-refractivity contribution in [3.05, 3.63) is 29.6 Å². The molecule has 0 radical (unpaired) electrons. The molecule has 21 heavy (non-hydrogen) atoms. The van der Waals surface area contributed by atoms with Crippen LogP contribution in [-0.2, 0) is 16.1 Å². The van der Waals surface area contributed by atoms with Gasteiger partial charge in [0.05, 0.1) is 6.61 Å². The number of halogens is 1. The average Bonchev–Trinajstić information content (AvgIpc) is 2.42. The Kier molecular flexibility index (Phi) is 7.15. The predicted octanol–water partition coefficient (Wildman–Crippen LogP) is 3.04. The van der Waals surface area contributed by atoms with Gasteiger partial charge in [-0.05, 0) is 31.0 Å². The second kappa shape index (κ2) is 8.62. The molecule has 0 amide bonds. The van der Waals surface area contributed by atoms with Crippen molar-refractivity contribution >= 4 is 5.97 Å². The zero-order valence-electron chi connectivity index (χ0n) is 13.1. The maximum absolute atomic E-state index is 13.6. The van der Waals surface area contributed by atoms with Crippen molar-refractivity contribution in [2.24, 2.45) is 0 Å². The molecule has 1 unspecified atom stereocenters. The fourth-order valence-electron chi connectivity index (χ4n) is 1.81. The van der Waals surface area contributed by atoms with Gasteiger partial charge in [-0.25, -0.2) is 9.18 Å². The fourth-order valence-corrected chi connectivity index (χ4v) is 1.81. The molecule has 1 atom stereocenters. The van der Waals surface area contributed by atoms with E-state index in [1.807, 2.05) is 20.8 Å². The molecule has 5 heteroatoms. The van der Waals surface area contributed by atoms with Gasteiger partial charge >= 0.3 is 5.97 Å². The van der Waals surface area contributed by atoms with E-state index in [1.54, 1.807) is 13.0 Å². The fraction of sp³-hybridized carbons (Fsp3) is 0.562. The minimum atomic E-state index is -0.711. The van der Waals surface area contributed by atoms with Gasteiger partial charge in [-0.1, -0.05) is 20.8 Å². The Hall–Kier alpha value is -1.62. The van der Waals surface area contributed by atoms with E-state index >= 15 is 0 Å². The van der Waals surface area contributed by atoms with Crippen LogP contribution >= 0.6 is 0 Å². The topological polar surface area (TPSA) is 47.6 Å². The van der Waals surface area contributed by atoms with E-state index < -0.39 is 12.1 Å². The van der Waals surface area contributed by atoms with Gasteiger partial charge in [0.15, 0.2) is 6.10 Å². The Morgan fingerprint density at radius 3 is 2.57 bits per heavy atom. The number of esters is 1. The Labute approximate surface area is 125 Å². The van der Waals surface area contributed by atoms with Crippen LogP contribution in [0.3, 0.4) is 0 Å². The van der Waals surface area contributed by atoms with Crippen molar-refractivity contribution in [2.75, 3.05) is 6.61 Å². The molecule has 1 N–H and O–H groups in total. The Morgan fingerprint density at radius 2 is 2.00 bits per heavy atom. The van der Waals surface area contributed by atoms with Crippen LogP contribution in [0, 0.1) is 5.82 Å². The number of rotatable bonds is 8. The SMILES string of the molecule is CCOC(=O)C(CC)Oc1cc(F)cc(CNC(C)C)c1. The molecule has 0 heterocycles. The first-order valence-corrected chi connectivity index (χ1v) is 7.32. The van der Waals surface area contributed by atoms with Crippen LogP contribution in [0.4, 0.5) is 4.39 Å². The first-order valence-electron chi connectivity index (χ1n) is 7.32. The van der Waals surface area contributed by atoms with E-state index in [2.05, 4.69) is 5.32 Å². The summed E-state index contributed by atoms with van der Waals surface area (Å²) in [4.78, 5) is 11.7. The highest BCUT2D eigenvalue weighted by atomic mass is 19.1. The summed E-state index contributed by atoms with van der Waals surface area (Å²) in [6.45, 7) is 8.44. The van der Waals surface area contributed by atoms with Crippen LogP contribution in [0.5, 0.6) is 5.75 Å². The molecular formula is C16H24FNO3. The predicted molar refractivity (Wildman–Crippen MR) is 79.7 cm³/mol. The van der Waals surface area contributed by atoms with Crippen molar-refractivity contribution in [1.29, 1.82) is 0 Å². The quantitative estimate of drug-likeness (QED) is 0.749. The van der Waals surface area contributed by atoms with Gasteiger partial charge in [0, 0.05) is 18.7 Å². The minimum absolute atomic E-state index is 0.297. The lowest BCUT2D eigenvalue weighted by Gasteiger charge is -2.17. The number of hydrogen-bond donors (Lipinski definition) is 1. The minimum Gasteiger partial charge on any atom is -0.479 e. The average molecular weight is 297 g/mol. The molecule has 118 valence electrons. The normalized spacial score (nSPS) is 12.3. The van der Waals surface area contributed by atoms with Crippen LogP contribution in [0.15, 0.2) is 18.2 Å². The van der Waals surface area contributed by atoms with Gasteiger partial charge < -0.3 is 14.8 Å². The first-order chi connectivity index (χ1) is 9.96. The molecule has 0 bridgehead atoms. The highest BCUT2D eigenvalue weighted by Gasteiger charge is 2.20. The largest absolute Gasteiger partial charge is 0.479 e. The van der Waals surface area contributed by atoms with Crippen LogP contribution < -0.4 is 10.1 Å². The van der Waals surface area contributed by atoms with Gasteiger partial charge in [0.25, 0.3) is 0 Å². The zero-order chi connectivity index (χ0) is 15.8. The van der Waals surface area contributed by atoms with Crippen molar-refractivity contribution in [3.8, 4) is 5.75 Å². The molecule has 0 fully saturated rings. The molecule has 0 spiro atoms. The molecule has 1 rings (SSSR count). The van der Waals surface area contributed by atoms with Crippen molar-refractivity contribution in [1.82, 2.24) is 5.32 Å². The van der Waals surface area contributed by atoms with Crippen LogP contribution in [0.2, 0.25) is 0 Å². The van der Waals surface area contributed by atoms with Gasteiger partial charge in [-0.15, -0.1) is 0 Å². The van der Waals surface area contributed by atoms with Crippen molar-refractivity contribution in [3.63, 3.8) is 0 Å². The summed E-state index contributed by atoms with van der Waals surface area (Å²) < 4.78 is 24.1. The Morgan fingerprint density at radius 1 is 1.29 bits per heavy atom. The summed E-state index contributed by atoms with van der Waals surface area (Å²) in [5.41, 5.74) is 0.775. The third-order valence-electron chi connectivity index (χ3n) is 2.84. The zero-order valence-corrected chi connectivity index (χ0v) is 13.1. The molecule has 4 nitrogen and oxygen atoms in total. The van der Waals surface area contributed by atoms with Gasteiger partial charge in [0.1, 0.15) is 11.6 Å². The Balaban J connectivity index is 2.79. The second-order valence-corrected chi connectivity index (χ2v) is 5.10. The lowest BCUT2D eigenvalue weighted by Crippen LogP contribution is -2.28. The smallest absolute Gasteiger partial charge is 0.347 e. The molecule has 0 aliphatic carbocycles. The lowest BCUT2D eigenvalue weighted by molar-refractivity contribution is -0.151. The number of ether oxygens (including phenoxy) is 2. The lowest BCUT2D eigenvalue weighted by atomic mass is 10.2. The second-order valence-electron chi connectivity index (χ2n) is 5.10. The standard InChI is InChI=1S/C16H24FNO3/c1-5-15(16(19)20-6-2)21-14-8-12(7-13(17)9-14)10-18-11(3)4/h7-9,11,15,18H,5-6,10H2,1-4H3. The first kappa shape index (κ1) is 17.4. The summed E-state index contributed by atoms with van der Waals surface area (Å²) in [5.74, 6) is -0.464. The summed E-state index contributed by atoms with van der Waals surface area (Å²) in [6.07, 6.45) is -0.243.